The molecule has 0 saturated carbocycles. The summed E-state index contributed by atoms with van der Waals surface area (Å²) in [6, 6.07) is 6.52. The highest BCUT2D eigenvalue weighted by molar-refractivity contribution is 6.25. The molecule has 0 radical (unpaired) electrons. The number of halogens is 4. The molecule has 380 valence electrons. The van der Waals surface area contributed by atoms with Gasteiger partial charge < -0.3 is 35.6 Å². The number of alkyl halides is 3. The Balaban J connectivity index is 0.824. The molecular formula is C48H52F4N12O8. The zero-order valence-corrected chi connectivity index (χ0v) is 39.5. The Morgan fingerprint density at radius 1 is 0.847 bits per heavy atom. The Kier molecular flexibility index (Phi) is 14.7. The molecule has 3 atom stereocenters. The van der Waals surface area contributed by atoms with Crippen LogP contribution in [0.1, 0.15) is 82.6 Å². The monoisotopic (exact) mass is 1000 g/mol. The van der Waals surface area contributed by atoms with Gasteiger partial charge >= 0.3 is 6.18 Å². The Morgan fingerprint density at radius 3 is 2.24 bits per heavy atom. The van der Waals surface area contributed by atoms with Crippen molar-refractivity contribution in [1.82, 2.24) is 40.3 Å². The lowest BCUT2D eigenvalue weighted by molar-refractivity contribution is -0.138. The highest BCUT2D eigenvalue weighted by Gasteiger charge is 2.46. The maximum absolute atomic E-state index is 16.1. The minimum atomic E-state index is -5.01. The molecule has 72 heavy (non-hydrogen) atoms. The van der Waals surface area contributed by atoms with Gasteiger partial charge in [-0.25, -0.2) is 14.4 Å². The lowest BCUT2D eigenvalue weighted by atomic mass is 10.0. The van der Waals surface area contributed by atoms with Gasteiger partial charge in [0.05, 0.1) is 33.6 Å². The van der Waals surface area contributed by atoms with Crippen molar-refractivity contribution < 1.29 is 51.1 Å². The van der Waals surface area contributed by atoms with Crippen molar-refractivity contribution in [3.63, 3.8) is 0 Å². The standard InChI is InChI=1S/C48H52F4N12O8/c1-26-24-63(25-27(2)60(26)3)37-20-33(49)30(18-35(37)58-43(69)31-23-55-40(67)19-32(31)48(50,51)52)28-21-56-47(57-22-28)62-16-14-61(15-17-62)41(68)11-10-38(65)54-13-5-12-53-34-7-4-6-29-42(34)46(72)64(45(29)71)36-8-9-39(66)59-44(36)70/h4,6-7,18-23,26-27,36,53H,5,8-17,24-25H2,1-3H3,(H,54,65)(H,55,67)(H,58,69)(H,59,66,70)/t26-,27+,36?. The van der Waals surface area contributed by atoms with Gasteiger partial charge in [0.2, 0.25) is 35.1 Å². The van der Waals surface area contributed by atoms with Gasteiger partial charge in [-0.15, -0.1) is 0 Å². The molecule has 4 aliphatic heterocycles. The number of rotatable bonds is 14. The maximum atomic E-state index is 16.1. The third-order valence-corrected chi connectivity index (χ3v) is 13.4. The largest absolute Gasteiger partial charge is 0.417 e. The maximum Gasteiger partial charge on any atom is 0.417 e. The molecule has 20 nitrogen and oxygen atoms in total. The quantitative estimate of drug-likeness (QED) is 0.0693. The van der Waals surface area contributed by atoms with Crippen LogP contribution in [0.15, 0.2) is 59.8 Å². The van der Waals surface area contributed by atoms with Gasteiger partial charge in [0.15, 0.2) is 0 Å². The summed E-state index contributed by atoms with van der Waals surface area (Å²) in [6.07, 6.45) is -1.14. The van der Waals surface area contributed by atoms with Gasteiger partial charge in [0.25, 0.3) is 17.7 Å². The summed E-state index contributed by atoms with van der Waals surface area (Å²) in [5.41, 5.74) is -2.15. The summed E-state index contributed by atoms with van der Waals surface area (Å²) >= 11 is 0. The number of pyridine rings is 1. The van der Waals surface area contributed by atoms with Crippen LogP contribution < -0.4 is 36.6 Å². The SMILES string of the molecule is C[C@@H]1CN(c2cc(F)c(-c3cnc(N4CCN(C(=O)CCC(=O)NCCCNc5cccc6c5C(=O)N(C5CCC(=O)NC5=O)C6=O)CC4)nc3)cc2NC(=O)c2c[nH]c(=O)cc2C(F)(F)F)C[C@H](C)N1C. The first-order valence-corrected chi connectivity index (χ1v) is 23.4. The number of imide groups is 2. The predicted octanol–water partition coefficient (Wildman–Crippen LogP) is 3.22. The van der Waals surface area contributed by atoms with E-state index >= 15 is 4.39 Å². The first-order valence-electron chi connectivity index (χ1n) is 23.4. The third-order valence-electron chi connectivity index (χ3n) is 13.4. The number of carbonyl (C=O) groups excluding carboxylic acids is 7. The minimum absolute atomic E-state index is 0.00658. The Labute approximate surface area is 409 Å². The lowest BCUT2D eigenvalue weighted by Crippen LogP contribution is -2.55. The van der Waals surface area contributed by atoms with Crippen LogP contribution in [-0.2, 0) is 25.4 Å². The molecule has 6 heterocycles. The number of H-pyrrole nitrogens is 1. The second-order valence-electron chi connectivity index (χ2n) is 18.1. The molecule has 2 aromatic heterocycles. The zero-order chi connectivity index (χ0) is 51.6. The van der Waals surface area contributed by atoms with E-state index in [0.29, 0.717) is 76.1 Å². The number of hydrogen-bond donors (Lipinski definition) is 5. The fraction of sp³-hybridized carbons (Fsp3) is 0.417. The highest BCUT2D eigenvalue weighted by atomic mass is 19.4. The molecule has 3 fully saturated rings. The van der Waals surface area contributed by atoms with Crippen LogP contribution in [0.3, 0.4) is 0 Å². The topological polar surface area (TPSA) is 242 Å². The molecule has 24 heteroatoms. The number of piperidine rings is 1. The van der Waals surface area contributed by atoms with E-state index in [4.69, 9.17) is 0 Å². The van der Waals surface area contributed by atoms with E-state index in [-0.39, 0.29) is 89.8 Å². The number of nitrogens with zero attached hydrogens (tertiary/aromatic N) is 7. The molecular weight excluding hydrogens is 949 g/mol. The number of anilines is 4. The van der Waals surface area contributed by atoms with Crippen LogP contribution in [0.25, 0.3) is 11.1 Å². The fourth-order valence-corrected chi connectivity index (χ4v) is 9.28. The molecule has 5 N–H and O–H groups in total. The van der Waals surface area contributed by atoms with E-state index < -0.39 is 64.3 Å². The summed E-state index contributed by atoms with van der Waals surface area (Å²) < 4.78 is 58.0. The van der Waals surface area contributed by atoms with E-state index in [1.54, 1.807) is 17.0 Å². The predicted molar refractivity (Wildman–Crippen MR) is 254 cm³/mol. The number of fused-ring (bicyclic) bond motifs is 1. The molecule has 8 rings (SSSR count). The summed E-state index contributed by atoms with van der Waals surface area (Å²) in [4.78, 5) is 121. The number of likely N-dealkylation sites (N-methyl/N-ethyl adjacent to an activating group) is 1. The summed E-state index contributed by atoms with van der Waals surface area (Å²) in [5, 5.41) is 10.6. The first kappa shape index (κ1) is 50.6. The number of aromatic nitrogens is 3. The Hall–Kier alpha value is -7.76. The normalized spacial score (nSPS) is 19.6. The van der Waals surface area contributed by atoms with Gasteiger partial charge in [-0.3, -0.25) is 53.5 Å². The van der Waals surface area contributed by atoms with Gasteiger partial charge in [0.1, 0.15) is 11.9 Å². The molecule has 3 saturated heterocycles. The first-order chi connectivity index (χ1) is 34.3. The molecule has 4 aromatic rings. The van der Waals surface area contributed by atoms with Gasteiger partial charge in [-0.2, -0.15) is 13.2 Å². The zero-order valence-electron chi connectivity index (χ0n) is 39.5. The molecule has 2 aromatic carbocycles. The minimum Gasteiger partial charge on any atom is -0.384 e. The number of carbonyl (C=O) groups is 7. The van der Waals surface area contributed by atoms with E-state index in [2.05, 4.69) is 41.1 Å². The Morgan fingerprint density at radius 2 is 1.56 bits per heavy atom. The molecule has 4 aliphatic rings. The number of amides is 7. The summed E-state index contributed by atoms with van der Waals surface area (Å²) in [7, 11) is 1.95. The summed E-state index contributed by atoms with van der Waals surface area (Å²) in [6.45, 7) is 6.73. The second kappa shape index (κ2) is 20.9. The Bertz CT molecular complexity index is 2860. The molecule has 0 aliphatic carbocycles. The van der Waals surface area contributed by atoms with E-state index in [9.17, 15) is 51.5 Å². The van der Waals surface area contributed by atoms with Crippen LogP contribution in [0.4, 0.5) is 40.6 Å². The van der Waals surface area contributed by atoms with Gasteiger partial charge in [-0.1, -0.05) is 6.07 Å². The molecule has 0 spiro atoms. The van der Waals surface area contributed by atoms with Gasteiger partial charge in [-0.05, 0) is 58.0 Å². The molecule has 1 unspecified atom stereocenters. The average Bonchev–Trinajstić information content (AvgIpc) is 3.60. The van der Waals surface area contributed by atoms with Crippen LogP contribution in [0, 0.1) is 5.82 Å². The van der Waals surface area contributed by atoms with Crippen molar-refractivity contribution in [2.75, 3.05) is 79.8 Å². The lowest BCUT2D eigenvalue weighted by Gasteiger charge is -2.44. The number of aromatic amines is 1. The van der Waals surface area contributed by atoms with Crippen LogP contribution >= 0.6 is 0 Å². The average molecular weight is 1000 g/mol. The molecule has 0 bridgehead atoms. The van der Waals surface area contributed by atoms with Crippen molar-refractivity contribution >= 4 is 64.4 Å². The van der Waals surface area contributed by atoms with Crippen LogP contribution in [0.5, 0.6) is 0 Å². The van der Waals surface area contributed by atoms with Crippen LogP contribution in [0.2, 0.25) is 0 Å². The third kappa shape index (κ3) is 10.8. The van der Waals surface area contributed by atoms with Crippen molar-refractivity contribution in [1.29, 1.82) is 0 Å². The van der Waals surface area contributed by atoms with Crippen molar-refractivity contribution in [3.05, 3.63) is 93.4 Å². The fourth-order valence-electron chi connectivity index (χ4n) is 9.28. The number of nitrogens with one attached hydrogen (secondary N) is 5. The molecule has 7 amide bonds. The van der Waals surface area contributed by atoms with Crippen molar-refractivity contribution in [3.8, 4) is 11.1 Å². The van der Waals surface area contributed by atoms with E-state index in [1.807, 2.05) is 30.7 Å². The highest BCUT2D eigenvalue weighted by Crippen LogP contribution is 2.38. The number of benzene rings is 2. The van der Waals surface area contributed by atoms with Crippen LogP contribution in [-0.4, -0.2) is 149 Å². The number of piperazine rings is 2. The second-order valence-corrected chi connectivity index (χ2v) is 18.1. The number of hydrogen-bond acceptors (Lipinski definition) is 14. The van der Waals surface area contributed by atoms with E-state index in [0.717, 1.165) is 4.90 Å². The summed E-state index contributed by atoms with van der Waals surface area (Å²) in [5.74, 6) is -4.52. The van der Waals surface area contributed by atoms with Crippen molar-refractivity contribution in [2.45, 2.75) is 70.3 Å². The van der Waals surface area contributed by atoms with E-state index in [1.165, 1.54) is 30.6 Å². The van der Waals surface area contributed by atoms with Gasteiger partial charge in [0, 0.05) is 125 Å². The smallest absolute Gasteiger partial charge is 0.384 e. The van der Waals surface area contributed by atoms with Crippen molar-refractivity contribution in [2.24, 2.45) is 0 Å².